The minimum absolute atomic E-state index is 0.0621. The number of piperidine rings is 1. The number of aryl methyl sites for hydroxylation is 1. The molecule has 0 radical (unpaired) electrons. The Balaban J connectivity index is 1.61. The van der Waals surface area contributed by atoms with Crippen molar-refractivity contribution in [2.45, 2.75) is 33.1 Å². The van der Waals surface area contributed by atoms with E-state index in [1.165, 1.54) is 6.07 Å². The summed E-state index contributed by atoms with van der Waals surface area (Å²) in [5, 5.41) is 0. The second-order valence-corrected chi connectivity index (χ2v) is 7.55. The third-order valence-corrected chi connectivity index (χ3v) is 5.24. The normalized spacial score (nSPS) is 13.2. The number of hydrogen-bond acceptors (Lipinski definition) is 5. The zero-order chi connectivity index (χ0) is 22.9. The van der Waals surface area contributed by atoms with E-state index >= 15 is 0 Å². The molecule has 0 unspecified atom stereocenters. The molecule has 3 rings (SSSR count). The summed E-state index contributed by atoms with van der Waals surface area (Å²) in [6.07, 6.45) is 3.17. The fraction of sp³-hybridized carbons (Fsp3) is 0.375. The summed E-state index contributed by atoms with van der Waals surface area (Å²) in [5.74, 6) is -0.219. The number of rotatable bonds is 7. The lowest BCUT2D eigenvalue weighted by Gasteiger charge is -2.26. The molecule has 3 amide bonds. The number of nitrogens with zero attached hydrogens (tertiary/aromatic N) is 1. The van der Waals surface area contributed by atoms with Crippen molar-refractivity contribution < 1.29 is 23.9 Å². The molecule has 0 bridgehead atoms. The number of ether oxygens (including phenoxy) is 2. The lowest BCUT2D eigenvalue weighted by molar-refractivity contribution is -0.134. The van der Waals surface area contributed by atoms with Gasteiger partial charge in [-0.05, 0) is 62.9 Å². The predicted molar refractivity (Wildman–Crippen MR) is 120 cm³/mol. The van der Waals surface area contributed by atoms with E-state index in [2.05, 4.69) is 10.9 Å². The highest BCUT2D eigenvalue weighted by atomic mass is 16.5. The molecule has 0 atom stereocenters. The van der Waals surface area contributed by atoms with Gasteiger partial charge in [0.05, 0.1) is 6.61 Å². The largest absolute Gasteiger partial charge is 0.490 e. The van der Waals surface area contributed by atoms with Crippen LogP contribution < -0.4 is 20.3 Å². The maximum absolute atomic E-state index is 12.5. The summed E-state index contributed by atoms with van der Waals surface area (Å²) in [5.41, 5.74) is 6.40. The Kier molecular flexibility index (Phi) is 8.08. The van der Waals surface area contributed by atoms with E-state index in [4.69, 9.17) is 9.47 Å². The molecule has 0 spiro atoms. The van der Waals surface area contributed by atoms with Crippen molar-refractivity contribution in [3.05, 3.63) is 59.2 Å². The van der Waals surface area contributed by atoms with Gasteiger partial charge in [0, 0.05) is 24.2 Å². The summed E-state index contributed by atoms with van der Waals surface area (Å²) in [7, 11) is 0. The van der Waals surface area contributed by atoms with Gasteiger partial charge in [-0.25, -0.2) is 0 Å². The molecular formula is C24H29N3O5. The average molecular weight is 440 g/mol. The first kappa shape index (κ1) is 23.1. The molecule has 1 aliphatic heterocycles. The molecule has 8 nitrogen and oxygen atoms in total. The predicted octanol–water partition coefficient (Wildman–Crippen LogP) is 2.86. The minimum Gasteiger partial charge on any atom is -0.490 e. The summed E-state index contributed by atoms with van der Waals surface area (Å²) >= 11 is 0. The lowest BCUT2D eigenvalue weighted by atomic mass is 10.1. The highest BCUT2D eigenvalue weighted by Gasteiger charge is 2.19. The van der Waals surface area contributed by atoms with Gasteiger partial charge < -0.3 is 14.4 Å². The molecule has 0 aliphatic carbocycles. The Morgan fingerprint density at radius 1 is 0.906 bits per heavy atom. The molecule has 1 aliphatic rings. The molecule has 2 N–H and O–H groups in total. The zero-order valence-electron chi connectivity index (χ0n) is 18.5. The van der Waals surface area contributed by atoms with Gasteiger partial charge in [0.2, 0.25) is 0 Å². The fourth-order valence-electron chi connectivity index (χ4n) is 3.49. The molecule has 8 heteroatoms. The van der Waals surface area contributed by atoms with E-state index < -0.39 is 11.8 Å². The number of hydrazine groups is 1. The van der Waals surface area contributed by atoms with E-state index in [1.54, 1.807) is 24.3 Å². The first-order valence-electron chi connectivity index (χ1n) is 10.8. The number of benzene rings is 2. The monoisotopic (exact) mass is 439 g/mol. The summed E-state index contributed by atoms with van der Waals surface area (Å²) in [6, 6.07) is 11.8. The van der Waals surface area contributed by atoms with Gasteiger partial charge in [0.25, 0.3) is 17.7 Å². The highest BCUT2D eigenvalue weighted by Crippen LogP contribution is 2.28. The lowest BCUT2D eigenvalue weighted by Crippen LogP contribution is -2.41. The minimum atomic E-state index is -0.496. The van der Waals surface area contributed by atoms with E-state index in [0.717, 1.165) is 37.9 Å². The van der Waals surface area contributed by atoms with Crippen LogP contribution in [-0.2, 0) is 4.79 Å². The van der Waals surface area contributed by atoms with Crippen LogP contribution in [0.2, 0.25) is 0 Å². The maximum Gasteiger partial charge on any atom is 0.269 e. The Hall–Kier alpha value is -3.55. The van der Waals surface area contributed by atoms with Crippen LogP contribution in [0.4, 0.5) is 0 Å². The van der Waals surface area contributed by atoms with E-state index in [0.29, 0.717) is 23.7 Å². The third kappa shape index (κ3) is 6.00. The first-order chi connectivity index (χ1) is 15.5. The number of nitrogens with one attached hydrogen (secondary N) is 2. The Bertz CT molecular complexity index is 970. The molecule has 0 aromatic heterocycles. The Morgan fingerprint density at radius 3 is 2.34 bits per heavy atom. The summed E-state index contributed by atoms with van der Waals surface area (Å²) in [4.78, 5) is 39.0. The smallest absolute Gasteiger partial charge is 0.269 e. The molecule has 1 heterocycles. The van der Waals surface area contributed by atoms with E-state index in [-0.39, 0.29) is 18.1 Å². The van der Waals surface area contributed by atoms with Gasteiger partial charge in [-0.3, -0.25) is 25.2 Å². The fourth-order valence-corrected chi connectivity index (χ4v) is 3.49. The molecule has 2 aromatic rings. The van der Waals surface area contributed by atoms with Gasteiger partial charge in [0.15, 0.2) is 18.1 Å². The van der Waals surface area contributed by atoms with Gasteiger partial charge in [-0.15, -0.1) is 0 Å². The van der Waals surface area contributed by atoms with Crippen LogP contribution in [0.15, 0.2) is 42.5 Å². The van der Waals surface area contributed by atoms with Crippen LogP contribution in [-0.4, -0.2) is 48.9 Å². The second kappa shape index (κ2) is 11.2. The van der Waals surface area contributed by atoms with Crippen molar-refractivity contribution in [2.75, 3.05) is 26.3 Å². The third-order valence-electron chi connectivity index (χ3n) is 5.24. The number of carbonyl (C=O) groups is 3. The van der Waals surface area contributed by atoms with Crippen LogP contribution in [0, 0.1) is 6.92 Å². The topological polar surface area (TPSA) is 97.0 Å². The summed E-state index contributed by atoms with van der Waals surface area (Å²) in [6.45, 7) is 5.43. The van der Waals surface area contributed by atoms with Crippen LogP contribution in [0.1, 0.15) is 52.5 Å². The number of amides is 3. The van der Waals surface area contributed by atoms with Crippen molar-refractivity contribution in [3.63, 3.8) is 0 Å². The van der Waals surface area contributed by atoms with E-state index in [9.17, 15) is 14.4 Å². The molecular weight excluding hydrogens is 410 g/mol. The van der Waals surface area contributed by atoms with E-state index in [1.807, 2.05) is 30.9 Å². The van der Waals surface area contributed by atoms with Crippen molar-refractivity contribution >= 4 is 17.7 Å². The maximum atomic E-state index is 12.5. The summed E-state index contributed by atoms with van der Waals surface area (Å²) < 4.78 is 11.3. The standard InChI is InChI=1S/C24H29N3O5/c1-3-31-21-15-18(23(29)25-26-24(30)19-10-6-5-9-17(19)2)11-12-20(21)32-16-22(28)27-13-7-4-8-14-27/h5-6,9-12,15H,3-4,7-8,13-14,16H2,1-2H3,(H,25,29)(H,26,30). The van der Waals surface area contributed by atoms with Crippen LogP contribution in [0.5, 0.6) is 11.5 Å². The number of carbonyl (C=O) groups excluding carboxylic acids is 3. The van der Waals surface area contributed by atoms with Gasteiger partial charge >= 0.3 is 0 Å². The first-order valence-corrected chi connectivity index (χ1v) is 10.8. The van der Waals surface area contributed by atoms with Gasteiger partial charge in [-0.1, -0.05) is 18.2 Å². The molecule has 170 valence electrons. The van der Waals surface area contributed by atoms with Crippen LogP contribution in [0.3, 0.4) is 0 Å². The average Bonchev–Trinajstić information content (AvgIpc) is 2.82. The van der Waals surface area contributed by atoms with Crippen LogP contribution in [0.25, 0.3) is 0 Å². The zero-order valence-corrected chi connectivity index (χ0v) is 18.5. The quantitative estimate of drug-likeness (QED) is 0.647. The van der Waals surface area contributed by atoms with Crippen molar-refractivity contribution in [3.8, 4) is 11.5 Å². The Morgan fingerprint density at radius 2 is 1.62 bits per heavy atom. The number of likely N-dealkylation sites (tertiary alicyclic amines) is 1. The SMILES string of the molecule is CCOc1cc(C(=O)NNC(=O)c2ccccc2C)ccc1OCC(=O)N1CCCCC1. The van der Waals surface area contributed by atoms with Crippen molar-refractivity contribution in [1.82, 2.24) is 15.8 Å². The molecule has 32 heavy (non-hydrogen) atoms. The molecule has 1 saturated heterocycles. The van der Waals surface area contributed by atoms with Gasteiger partial charge in [-0.2, -0.15) is 0 Å². The van der Waals surface area contributed by atoms with Crippen LogP contribution >= 0.6 is 0 Å². The molecule has 2 aromatic carbocycles. The number of hydrogen-bond donors (Lipinski definition) is 2. The molecule has 0 saturated carbocycles. The highest BCUT2D eigenvalue weighted by molar-refractivity contribution is 6.00. The van der Waals surface area contributed by atoms with Crippen molar-refractivity contribution in [2.24, 2.45) is 0 Å². The second-order valence-electron chi connectivity index (χ2n) is 7.55. The molecule has 1 fully saturated rings. The Labute approximate surface area is 187 Å². The van der Waals surface area contributed by atoms with Crippen molar-refractivity contribution in [1.29, 1.82) is 0 Å². The van der Waals surface area contributed by atoms with Gasteiger partial charge in [0.1, 0.15) is 0 Å².